The fourth-order valence-electron chi connectivity index (χ4n) is 2.21. The quantitative estimate of drug-likeness (QED) is 0.490. The van der Waals surface area contributed by atoms with Crippen molar-refractivity contribution in [3.63, 3.8) is 0 Å². The summed E-state index contributed by atoms with van der Waals surface area (Å²) < 4.78 is 29.8. The van der Waals surface area contributed by atoms with Crippen LogP contribution < -0.4 is 0 Å². The number of benzene rings is 1. The van der Waals surface area contributed by atoms with Gasteiger partial charge < -0.3 is 0 Å². The standard InChI is InChI=1S/C13H19ClNO3S/c1-11-6-8-12(9-7-11)19(16,17)18-15(2)10-4-3-5-13(15)14/h6-9,13H,3-5,10H2,1-2H3/q+1. The van der Waals surface area contributed by atoms with E-state index in [1.807, 2.05) is 6.92 Å². The van der Waals surface area contributed by atoms with Crippen LogP contribution in [0.3, 0.4) is 0 Å². The Morgan fingerprint density at radius 3 is 2.47 bits per heavy atom. The normalized spacial score (nSPS) is 28.3. The first-order valence-corrected chi connectivity index (χ1v) is 8.20. The molecule has 2 atom stereocenters. The molecule has 0 saturated carbocycles. The minimum Gasteiger partial charge on any atom is -0.189 e. The van der Waals surface area contributed by atoms with Gasteiger partial charge in [0, 0.05) is 6.42 Å². The molecule has 2 unspecified atom stereocenters. The number of hydrogen-bond donors (Lipinski definition) is 0. The molecule has 0 aromatic heterocycles. The molecule has 1 aliphatic heterocycles. The molecule has 1 aromatic rings. The van der Waals surface area contributed by atoms with Gasteiger partial charge in [-0.05, 0) is 31.9 Å². The van der Waals surface area contributed by atoms with Crippen LogP contribution in [0, 0.1) is 6.92 Å². The van der Waals surface area contributed by atoms with Gasteiger partial charge in [-0.1, -0.05) is 33.6 Å². The summed E-state index contributed by atoms with van der Waals surface area (Å²) in [7, 11) is -2.06. The summed E-state index contributed by atoms with van der Waals surface area (Å²) in [5.41, 5.74) is 0.682. The molecule has 0 spiro atoms. The number of quaternary nitrogens is 1. The van der Waals surface area contributed by atoms with Crippen LogP contribution in [0.5, 0.6) is 0 Å². The van der Waals surface area contributed by atoms with Gasteiger partial charge in [-0.25, -0.2) is 0 Å². The maximum absolute atomic E-state index is 12.3. The third-order valence-electron chi connectivity index (χ3n) is 3.47. The molecule has 4 nitrogen and oxygen atoms in total. The van der Waals surface area contributed by atoms with Crippen LogP contribution in [0.2, 0.25) is 0 Å². The van der Waals surface area contributed by atoms with Crippen molar-refractivity contribution in [3.8, 4) is 0 Å². The predicted molar refractivity (Wildman–Crippen MR) is 74.0 cm³/mol. The maximum Gasteiger partial charge on any atom is 0.342 e. The zero-order chi connectivity index (χ0) is 14.1. The molecule has 2 rings (SSSR count). The molecule has 1 aliphatic rings. The van der Waals surface area contributed by atoms with Gasteiger partial charge in [0.1, 0.15) is 13.6 Å². The van der Waals surface area contributed by atoms with Gasteiger partial charge in [0.15, 0.2) is 5.50 Å². The molecule has 0 radical (unpaired) electrons. The molecule has 0 N–H and O–H groups in total. The molecule has 0 amide bonds. The Bertz CT molecular complexity index is 544. The average Bonchev–Trinajstić information content (AvgIpc) is 2.33. The molecule has 19 heavy (non-hydrogen) atoms. The van der Waals surface area contributed by atoms with Crippen molar-refractivity contribution in [1.82, 2.24) is 0 Å². The van der Waals surface area contributed by atoms with Gasteiger partial charge in [-0.3, -0.25) is 0 Å². The van der Waals surface area contributed by atoms with Gasteiger partial charge in [-0.15, -0.1) is 4.65 Å². The highest BCUT2D eigenvalue weighted by Gasteiger charge is 2.41. The lowest BCUT2D eigenvalue weighted by Gasteiger charge is -2.37. The lowest BCUT2D eigenvalue weighted by atomic mass is 10.1. The molecule has 106 valence electrons. The van der Waals surface area contributed by atoms with Crippen LogP contribution in [0.15, 0.2) is 29.2 Å². The Hall–Kier alpha value is -0.620. The third kappa shape index (κ3) is 3.28. The summed E-state index contributed by atoms with van der Waals surface area (Å²) in [6, 6.07) is 6.63. The zero-order valence-corrected chi connectivity index (χ0v) is 12.7. The van der Waals surface area contributed by atoms with E-state index in [0.717, 1.165) is 24.8 Å². The second-order valence-corrected chi connectivity index (χ2v) is 7.20. The van der Waals surface area contributed by atoms with E-state index in [-0.39, 0.29) is 15.0 Å². The molecule has 6 heteroatoms. The van der Waals surface area contributed by atoms with E-state index >= 15 is 0 Å². The third-order valence-corrected chi connectivity index (χ3v) is 5.48. The number of hydroxylamine groups is 3. The van der Waals surface area contributed by atoms with Crippen molar-refractivity contribution < 1.29 is 17.3 Å². The monoisotopic (exact) mass is 304 g/mol. The lowest BCUT2D eigenvalue weighted by Crippen LogP contribution is -2.53. The number of likely N-dealkylation sites (tertiary alicyclic amines) is 1. The SMILES string of the molecule is Cc1ccc(S(=O)(=O)O[N+]2(C)CCCCC2Cl)cc1. The van der Waals surface area contributed by atoms with Crippen molar-refractivity contribution >= 4 is 21.7 Å². The van der Waals surface area contributed by atoms with Crippen molar-refractivity contribution in [3.05, 3.63) is 29.8 Å². The van der Waals surface area contributed by atoms with Crippen LogP contribution in [-0.2, 0) is 14.4 Å². The largest absolute Gasteiger partial charge is 0.342 e. The molecule has 1 aromatic carbocycles. The highest BCUT2D eigenvalue weighted by Crippen LogP contribution is 2.30. The van der Waals surface area contributed by atoms with E-state index in [4.69, 9.17) is 15.9 Å². The summed E-state index contributed by atoms with van der Waals surface area (Å²) in [6.07, 6.45) is 2.69. The molecule has 1 saturated heterocycles. The first-order valence-electron chi connectivity index (χ1n) is 6.36. The highest BCUT2D eigenvalue weighted by molar-refractivity contribution is 7.86. The second kappa shape index (κ2) is 5.40. The molecule has 1 heterocycles. The van der Waals surface area contributed by atoms with Crippen molar-refractivity contribution in [2.45, 2.75) is 36.6 Å². The van der Waals surface area contributed by atoms with Gasteiger partial charge in [-0.2, -0.15) is 8.42 Å². The van der Waals surface area contributed by atoms with E-state index in [1.54, 1.807) is 31.3 Å². The van der Waals surface area contributed by atoms with Crippen LogP contribution in [0.4, 0.5) is 0 Å². The number of aryl methyl sites for hydroxylation is 1. The van der Waals surface area contributed by atoms with Gasteiger partial charge >= 0.3 is 10.1 Å². The van der Waals surface area contributed by atoms with E-state index in [1.165, 1.54) is 0 Å². The molecule has 0 bridgehead atoms. The highest BCUT2D eigenvalue weighted by atomic mass is 35.5. The van der Waals surface area contributed by atoms with Gasteiger partial charge in [0.2, 0.25) is 0 Å². The minimum absolute atomic E-state index is 0.0856. The second-order valence-electron chi connectivity index (χ2n) is 5.17. The zero-order valence-electron chi connectivity index (χ0n) is 11.2. The van der Waals surface area contributed by atoms with Crippen molar-refractivity contribution in [2.24, 2.45) is 0 Å². The molecule has 0 aliphatic carbocycles. The number of halogens is 1. The Kier molecular flexibility index (Phi) is 4.20. The summed E-state index contributed by atoms with van der Waals surface area (Å²) >= 11 is 6.23. The first-order chi connectivity index (χ1) is 8.83. The summed E-state index contributed by atoms with van der Waals surface area (Å²) in [4.78, 5) is 0.173. The Labute approximate surface area is 119 Å². The molecular formula is C13H19ClNO3S+. The smallest absolute Gasteiger partial charge is 0.189 e. The van der Waals surface area contributed by atoms with Crippen molar-refractivity contribution in [2.75, 3.05) is 13.6 Å². The molecular weight excluding hydrogens is 286 g/mol. The Morgan fingerprint density at radius 1 is 1.26 bits per heavy atom. The summed E-state index contributed by atoms with van der Waals surface area (Å²) in [5.74, 6) is 0. The lowest BCUT2D eigenvalue weighted by molar-refractivity contribution is -1.08. The van der Waals surface area contributed by atoms with E-state index in [0.29, 0.717) is 6.54 Å². The number of alkyl halides is 1. The minimum atomic E-state index is -3.78. The summed E-state index contributed by atoms with van der Waals surface area (Å²) in [6.45, 7) is 2.52. The Morgan fingerprint density at radius 2 is 1.89 bits per heavy atom. The predicted octanol–water partition coefficient (Wildman–Crippen LogP) is 2.81. The average molecular weight is 305 g/mol. The Balaban J connectivity index is 2.23. The fraction of sp³-hybridized carbons (Fsp3) is 0.538. The fourth-order valence-corrected chi connectivity index (χ4v) is 3.73. The van der Waals surface area contributed by atoms with Crippen LogP contribution in [-0.4, -0.2) is 32.2 Å². The van der Waals surface area contributed by atoms with Crippen LogP contribution >= 0.6 is 11.6 Å². The van der Waals surface area contributed by atoms with Crippen molar-refractivity contribution in [1.29, 1.82) is 0 Å². The van der Waals surface area contributed by atoms with E-state index in [2.05, 4.69) is 0 Å². The van der Waals surface area contributed by atoms with Gasteiger partial charge in [0.05, 0.1) is 4.90 Å². The number of rotatable bonds is 3. The number of piperidine rings is 1. The van der Waals surface area contributed by atoms with E-state index < -0.39 is 10.1 Å². The van der Waals surface area contributed by atoms with E-state index in [9.17, 15) is 8.42 Å². The maximum atomic E-state index is 12.3. The number of hydrogen-bond acceptors (Lipinski definition) is 3. The summed E-state index contributed by atoms with van der Waals surface area (Å²) in [5, 5.41) is 0. The topological polar surface area (TPSA) is 43.4 Å². The van der Waals surface area contributed by atoms with Gasteiger partial charge in [0.25, 0.3) is 0 Å². The van der Waals surface area contributed by atoms with Crippen LogP contribution in [0.25, 0.3) is 0 Å². The first kappa shape index (κ1) is 14.8. The number of nitrogens with zero attached hydrogens (tertiary/aromatic N) is 1. The molecule has 1 fully saturated rings. The van der Waals surface area contributed by atoms with Crippen LogP contribution in [0.1, 0.15) is 24.8 Å².